The molecule has 0 aliphatic carbocycles. The Bertz CT molecular complexity index is 773. The van der Waals surface area contributed by atoms with Gasteiger partial charge in [0.2, 0.25) is 0 Å². The third kappa shape index (κ3) is 3.16. The summed E-state index contributed by atoms with van der Waals surface area (Å²) in [4.78, 5) is 14.8. The molecule has 0 saturated heterocycles. The average Bonchev–Trinajstić information content (AvgIpc) is 2.97. The Labute approximate surface area is 126 Å². The zero-order valence-electron chi connectivity index (χ0n) is 10.8. The van der Waals surface area contributed by atoms with Crippen molar-refractivity contribution in [2.24, 2.45) is 0 Å². The monoisotopic (exact) mass is 346 g/mol. The maximum atomic E-state index is 10.8. The molecule has 0 atom stereocenters. The van der Waals surface area contributed by atoms with Gasteiger partial charge in [0.1, 0.15) is 0 Å². The third-order valence-corrected chi connectivity index (χ3v) is 4.09. The molecule has 1 heterocycles. The van der Waals surface area contributed by atoms with Crippen LogP contribution in [0, 0.1) is 10.1 Å². The van der Waals surface area contributed by atoms with Gasteiger partial charge in [-0.25, -0.2) is 0 Å². The van der Waals surface area contributed by atoms with Gasteiger partial charge in [0.05, 0.1) is 0 Å². The van der Waals surface area contributed by atoms with Crippen molar-refractivity contribution in [3.8, 4) is 11.4 Å². The van der Waals surface area contributed by atoms with Crippen LogP contribution in [0.25, 0.3) is 11.4 Å². The van der Waals surface area contributed by atoms with Crippen molar-refractivity contribution in [1.82, 2.24) is 8.96 Å². The van der Waals surface area contributed by atoms with E-state index in [1.165, 1.54) is 12.1 Å². The van der Waals surface area contributed by atoms with Crippen LogP contribution in [0.4, 0.5) is 16.1 Å². The number of nitro benzene ring substituents is 1. The number of hydrogen-bond acceptors (Lipinski definition) is 5. The SMILES string of the molecule is O=[N+]([O-])c1cccc(Nc2nc(-c3ccccc3)n[se]2)c1. The summed E-state index contributed by atoms with van der Waals surface area (Å²) in [5.74, 6) is 0.698. The number of benzene rings is 2. The molecule has 1 N–H and O–H groups in total. The normalized spacial score (nSPS) is 10.3. The van der Waals surface area contributed by atoms with Crippen LogP contribution in [0.1, 0.15) is 0 Å². The third-order valence-electron chi connectivity index (χ3n) is 2.77. The average molecular weight is 345 g/mol. The van der Waals surface area contributed by atoms with Crippen molar-refractivity contribution < 1.29 is 4.92 Å². The van der Waals surface area contributed by atoms with E-state index in [0.717, 1.165) is 10.3 Å². The first-order valence-electron chi connectivity index (χ1n) is 6.13. The van der Waals surface area contributed by atoms with E-state index in [2.05, 4.69) is 14.3 Å². The molecule has 3 rings (SSSR count). The van der Waals surface area contributed by atoms with E-state index < -0.39 is 4.92 Å². The van der Waals surface area contributed by atoms with Crippen LogP contribution in [0.3, 0.4) is 0 Å². The molecular weight excluding hydrogens is 335 g/mol. The topological polar surface area (TPSA) is 81.0 Å². The zero-order chi connectivity index (χ0) is 14.7. The first-order valence-corrected chi connectivity index (χ1v) is 7.75. The fourth-order valence-corrected chi connectivity index (χ4v) is 3.08. The van der Waals surface area contributed by atoms with Crippen LogP contribution in [-0.4, -0.2) is 28.6 Å². The summed E-state index contributed by atoms with van der Waals surface area (Å²) < 4.78 is 5.16. The Balaban J connectivity index is 1.82. The Morgan fingerprint density at radius 3 is 2.67 bits per heavy atom. The second-order valence-electron chi connectivity index (χ2n) is 4.22. The fourth-order valence-electron chi connectivity index (χ4n) is 1.80. The molecule has 0 radical (unpaired) electrons. The van der Waals surface area contributed by atoms with Gasteiger partial charge < -0.3 is 0 Å². The van der Waals surface area contributed by atoms with Crippen LogP contribution in [0.15, 0.2) is 54.6 Å². The first-order chi connectivity index (χ1) is 10.2. The number of nitrogens with zero attached hydrogens (tertiary/aromatic N) is 3. The predicted octanol–water partition coefficient (Wildman–Crippen LogP) is 2.85. The van der Waals surface area contributed by atoms with Crippen LogP contribution in [0.2, 0.25) is 0 Å². The van der Waals surface area contributed by atoms with Gasteiger partial charge in [-0.2, -0.15) is 0 Å². The Kier molecular flexibility index (Phi) is 3.77. The molecule has 1 aromatic heterocycles. The van der Waals surface area contributed by atoms with Gasteiger partial charge in [0.25, 0.3) is 0 Å². The molecule has 3 aromatic rings. The molecule has 0 amide bonds. The number of nitro groups is 1. The number of rotatable bonds is 4. The van der Waals surface area contributed by atoms with Crippen LogP contribution >= 0.6 is 0 Å². The molecule has 0 fully saturated rings. The van der Waals surface area contributed by atoms with E-state index >= 15 is 0 Å². The first kappa shape index (κ1) is 13.5. The second kappa shape index (κ2) is 5.87. The zero-order valence-corrected chi connectivity index (χ0v) is 12.5. The van der Waals surface area contributed by atoms with Crippen molar-refractivity contribution in [1.29, 1.82) is 0 Å². The van der Waals surface area contributed by atoms with Gasteiger partial charge >= 0.3 is 126 Å². The van der Waals surface area contributed by atoms with Crippen LogP contribution < -0.4 is 5.32 Å². The molecule has 0 unspecified atom stereocenters. The van der Waals surface area contributed by atoms with E-state index in [4.69, 9.17) is 0 Å². The van der Waals surface area contributed by atoms with Crippen molar-refractivity contribution >= 4 is 30.8 Å². The van der Waals surface area contributed by atoms with Crippen molar-refractivity contribution in [2.75, 3.05) is 5.32 Å². The molecule has 104 valence electrons. The number of hydrogen-bond donors (Lipinski definition) is 1. The van der Waals surface area contributed by atoms with Crippen molar-refractivity contribution in [3.63, 3.8) is 0 Å². The van der Waals surface area contributed by atoms with Gasteiger partial charge in [0.15, 0.2) is 0 Å². The quantitative estimate of drug-likeness (QED) is 0.447. The summed E-state index contributed by atoms with van der Waals surface area (Å²) in [7, 11) is 0. The number of non-ortho nitro benzene ring substituents is 1. The number of nitrogens with one attached hydrogen (secondary N) is 1. The van der Waals surface area contributed by atoms with Gasteiger partial charge in [-0.05, 0) is 0 Å². The fraction of sp³-hybridized carbons (Fsp3) is 0. The Morgan fingerprint density at radius 2 is 1.90 bits per heavy atom. The maximum absolute atomic E-state index is 10.8. The van der Waals surface area contributed by atoms with Crippen molar-refractivity contribution in [2.45, 2.75) is 0 Å². The van der Waals surface area contributed by atoms with E-state index in [0.29, 0.717) is 11.5 Å². The molecule has 6 nitrogen and oxygen atoms in total. The molecule has 0 saturated carbocycles. The van der Waals surface area contributed by atoms with E-state index in [-0.39, 0.29) is 20.4 Å². The van der Waals surface area contributed by atoms with Crippen molar-refractivity contribution in [3.05, 3.63) is 64.7 Å². The summed E-state index contributed by atoms with van der Waals surface area (Å²) in [5.41, 5.74) is 1.67. The predicted molar refractivity (Wildman–Crippen MR) is 80.8 cm³/mol. The Hall–Kier alpha value is -2.50. The molecule has 2 aromatic carbocycles. The number of aromatic nitrogens is 2. The summed E-state index contributed by atoms with van der Waals surface area (Å²) in [6, 6.07) is 16.1. The van der Waals surface area contributed by atoms with E-state index in [1.54, 1.807) is 12.1 Å². The Morgan fingerprint density at radius 1 is 1.10 bits per heavy atom. The van der Waals surface area contributed by atoms with Gasteiger partial charge in [-0.3, -0.25) is 0 Å². The summed E-state index contributed by atoms with van der Waals surface area (Å²) in [5, 5.41) is 13.9. The number of anilines is 2. The summed E-state index contributed by atoms with van der Waals surface area (Å²) in [6.07, 6.45) is 0. The summed E-state index contributed by atoms with van der Waals surface area (Å²) >= 11 is -0.143. The van der Waals surface area contributed by atoms with Crippen LogP contribution in [0.5, 0.6) is 0 Å². The molecule has 0 aliphatic heterocycles. The van der Waals surface area contributed by atoms with E-state index in [1.807, 2.05) is 30.3 Å². The van der Waals surface area contributed by atoms with Gasteiger partial charge in [-0.15, -0.1) is 0 Å². The van der Waals surface area contributed by atoms with Gasteiger partial charge in [0, 0.05) is 0 Å². The standard InChI is InChI=1S/C14H10N4O2Se/c19-18(20)12-8-4-7-11(9-12)15-14-16-13(17-21-14)10-5-2-1-3-6-10/h1-9H,(H,15,16,17). The molecule has 0 spiro atoms. The minimum atomic E-state index is -0.418. The van der Waals surface area contributed by atoms with E-state index in [9.17, 15) is 10.1 Å². The van der Waals surface area contributed by atoms with Gasteiger partial charge in [-0.1, -0.05) is 0 Å². The molecule has 7 heteroatoms. The second-order valence-corrected chi connectivity index (χ2v) is 5.80. The molecule has 0 aliphatic rings. The summed E-state index contributed by atoms with van der Waals surface area (Å²) in [6.45, 7) is 0. The molecule has 21 heavy (non-hydrogen) atoms. The molecular formula is C14H10N4O2Se. The minimum absolute atomic E-state index is 0.0512. The van der Waals surface area contributed by atoms with Crippen LogP contribution in [-0.2, 0) is 0 Å². The molecule has 0 bridgehead atoms.